The van der Waals surface area contributed by atoms with Crippen molar-refractivity contribution in [2.75, 3.05) is 7.11 Å². The zero-order chi connectivity index (χ0) is 24.7. The molecule has 8 heteroatoms. The van der Waals surface area contributed by atoms with Crippen molar-refractivity contribution < 1.29 is 9.84 Å². The number of hydrogen-bond donors (Lipinski definition) is 1. The first-order valence-electron chi connectivity index (χ1n) is 11.3. The summed E-state index contributed by atoms with van der Waals surface area (Å²) in [4.78, 5) is 4.28. The Hall–Kier alpha value is -3.68. The minimum absolute atomic E-state index is 0.0117. The van der Waals surface area contributed by atoms with Crippen molar-refractivity contribution in [3.05, 3.63) is 88.6 Å². The highest BCUT2D eigenvalue weighted by Crippen LogP contribution is 2.38. The molecule has 0 unspecified atom stereocenters. The Kier molecular flexibility index (Phi) is 6.05. The van der Waals surface area contributed by atoms with Crippen LogP contribution in [-0.4, -0.2) is 36.5 Å². The molecule has 178 valence electrons. The molecule has 1 N–H and O–H groups in total. The standard InChI is InChI=1S/C27H26ClN5O2/c1-16-5-7-20(8-6-16)18(3)32-13-19(14-34)11-22-25(30-31-27(22)32)21-9-10-23(24(12-21)35-4)33-15-29-17(2)26(33)28/h5-13,15,18,34H,14H2,1-4H3/t18-/m0/s1. The lowest BCUT2D eigenvalue weighted by Crippen LogP contribution is -2.12. The van der Waals surface area contributed by atoms with Gasteiger partial charge in [0, 0.05) is 17.3 Å². The van der Waals surface area contributed by atoms with Gasteiger partial charge in [0.1, 0.15) is 22.9 Å². The number of rotatable bonds is 6. The third-order valence-corrected chi connectivity index (χ3v) is 6.82. The highest BCUT2D eigenvalue weighted by atomic mass is 35.5. The summed E-state index contributed by atoms with van der Waals surface area (Å²) in [5, 5.41) is 19.6. The van der Waals surface area contributed by atoms with Gasteiger partial charge in [-0.1, -0.05) is 47.5 Å². The average molecular weight is 488 g/mol. The molecule has 0 radical (unpaired) electrons. The van der Waals surface area contributed by atoms with Crippen molar-refractivity contribution in [2.24, 2.45) is 0 Å². The van der Waals surface area contributed by atoms with E-state index in [1.54, 1.807) is 18.0 Å². The molecule has 2 aromatic carbocycles. The van der Waals surface area contributed by atoms with Crippen LogP contribution in [0.4, 0.5) is 0 Å². The molecule has 0 spiro atoms. The maximum atomic E-state index is 9.99. The van der Waals surface area contributed by atoms with E-state index in [1.165, 1.54) is 5.56 Å². The van der Waals surface area contributed by atoms with Crippen molar-refractivity contribution in [3.63, 3.8) is 0 Å². The van der Waals surface area contributed by atoms with Crippen LogP contribution in [-0.2, 0) is 6.61 Å². The first kappa shape index (κ1) is 23.1. The summed E-state index contributed by atoms with van der Waals surface area (Å²) in [5.41, 5.74) is 7.11. The maximum Gasteiger partial charge on any atom is 0.165 e. The molecule has 1 aromatic heterocycles. The van der Waals surface area contributed by atoms with Gasteiger partial charge in [-0.05, 0) is 50.1 Å². The van der Waals surface area contributed by atoms with Crippen LogP contribution in [0.1, 0.15) is 35.3 Å². The van der Waals surface area contributed by atoms with Gasteiger partial charge in [-0.15, -0.1) is 10.2 Å². The highest BCUT2D eigenvalue weighted by Gasteiger charge is 2.23. The Bertz CT molecular complexity index is 1470. The van der Waals surface area contributed by atoms with Crippen molar-refractivity contribution in [2.45, 2.75) is 33.4 Å². The Labute approximate surface area is 209 Å². The molecule has 0 aliphatic carbocycles. The lowest BCUT2D eigenvalue weighted by atomic mass is 10.0. The second-order valence-electron chi connectivity index (χ2n) is 8.66. The maximum absolute atomic E-state index is 9.99. The summed E-state index contributed by atoms with van der Waals surface area (Å²) in [5.74, 6) is 1.39. The second-order valence-corrected chi connectivity index (χ2v) is 9.02. The predicted octanol–water partition coefficient (Wildman–Crippen LogP) is 5.62. The SMILES string of the molecule is COc1cc(-c2nnc3n([C@@H](C)c4ccc(C)cc4)cc(CO)cc2-3)ccc1-n1cnc(C)c1Cl. The van der Waals surface area contributed by atoms with Crippen LogP contribution in [0, 0.1) is 13.8 Å². The molecule has 3 heterocycles. The first-order chi connectivity index (χ1) is 16.9. The van der Waals surface area contributed by atoms with Crippen molar-refractivity contribution >= 4 is 11.6 Å². The Morgan fingerprint density at radius 1 is 1.06 bits per heavy atom. The number of aryl methyl sites for hydroxylation is 2. The minimum Gasteiger partial charge on any atom is -0.495 e. The molecule has 5 rings (SSSR count). The van der Waals surface area contributed by atoms with Gasteiger partial charge in [0.15, 0.2) is 5.82 Å². The molecule has 3 aromatic rings. The van der Waals surface area contributed by atoms with Gasteiger partial charge in [0.05, 0.1) is 31.1 Å². The van der Waals surface area contributed by atoms with Gasteiger partial charge in [0.2, 0.25) is 0 Å². The van der Waals surface area contributed by atoms with Gasteiger partial charge in [-0.2, -0.15) is 0 Å². The van der Waals surface area contributed by atoms with E-state index in [-0.39, 0.29) is 12.6 Å². The zero-order valence-corrected chi connectivity index (χ0v) is 20.8. The number of aromatic nitrogens is 5. The van der Waals surface area contributed by atoms with Crippen LogP contribution in [0.25, 0.3) is 28.3 Å². The number of methoxy groups -OCH3 is 1. The Morgan fingerprint density at radius 3 is 2.49 bits per heavy atom. The second kappa shape index (κ2) is 9.17. The number of nitrogens with zero attached hydrogens (tertiary/aromatic N) is 5. The fourth-order valence-corrected chi connectivity index (χ4v) is 4.50. The van der Waals surface area contributed by atoms with E-state index < -0.39 is 0 Å². The van der Waals surface area contributed by atoms with Gasteiger partial charge in [-0.25, -0.2) is 4.98 Å². The molecule has 0 amide bonds. The fraction of sp³-hybridized carbons (Fsp3) is 0.222. The van der Waals surface area contributed by atoms with Crippen molar-refractivity contribution in [1.82, 2.24) is 24.3 Å². The first-order valence-corrected chi connectivity index (χ1v) is 11.7. The van der Waals surface area contributed by atoms with E-state index in [1.807, 2.05) is 37.4 Å². The number of fused-ring (bicyclic) bond motifs is 1. The van der Waals surface area contributed by atoms with Crippen LogP contribution in [0.3, 0.4) is 0 Å². The molecule has 0 saturated carbocycles. The number of imidazole rings is 1. The van der Waals surface area contributed by atoms with E-state index >= 15 is 0 Å². The lowest BCUT2D eigenvalue weighted by molar-refractivity contribution is 0.280. The summed E-state index contributed by atoms with van der Waals surface area (Å²) in [6, 6.07) is 16.2. The van der Waals surface area contributed by atoms with Crippen LogP contribution in [0.5, 0.6) is 5.75 Å². The Balaban J connectivity index is 1.59. The number of benzene rings is 2. The van der Waals surface area contributed by atoms with Gasteiger partial charge in [-0.3, -0.25) is 4.57 Å². The van der Waals surface area contributed by atoms with Gasteiger partial charge >= 0.3 is 0 Å². The van der Waals surface area contributed by atoms with E-state index in [2.05, 4.69) is 57.9 Å². The van der Waals surface area contributed by atoms with Crippen LogP contribution < -0.4 is 4.74 Å². The van der Waals surface area contributed by atoms with Crippen LogP contribution in [0.2, 0.25) is 5.15 Å². The summed E-state index contributed by atoms with van der Waals surface area (Å²) in [6.07, 6.45) is 3.62. The summed E-state index contributed by atoms with van der Waals surface area (Å²) < 4.78 is 9.55. The molecule has 7 nitrogen and oxygen atoms in total. The summed E-state index contributed by atoms with van der Waals surface area (Å²) >= 11 is 6.43. The lowest BCUT2D eigenvalue weighted by Gasteiger charge is -2.21. The molecular formula is C27H26ClN5O2. The van der Waals surface area contributed by atoms with Gasteiger partial charge in [0.25, 0.3) is 0 Å². The van der Waals surface area contributed by atoms with E-state index in [9.17, 15) is 5.11 Å². The molecule has 2 aliphatic rings. The molecule has 0 bridgehead atoms. The van der Waals surface area contributed by atoms with Gasteiger partial charge < -0.3 is 14.4 Å². The number of aliphatic hydroxyl groups is 1. The highest BCUT2D eigenvalue weighted by molar-refractivity contribution is 6.30. The van der Waals surface area contributed by atoms with Crippen LogP contribution in [0.15, 0.2) is 61.1 Å². The predicted molar refractivity (Wildman–Crippen MR) is 136 cm³/mol. The number of ether oxygens (including phenoxy) is 1. The summed E-state index contributed by atoms with van der Waals surface area (Å²) in [7, 11) is 1.62. The van der Waals surface area contributed by atoms with E-state index in [0.29, 0.717) is 10.9 Å². The smallest absolute Gasteiger partial charge is 0.165 e. The summed E-state index contributed by atoms with van der Waals surface area (Å²) in [6.45, 7) is 5.97. The van der Waals surface area contributed by atoms with Crippen LogP contribution >= 0.6 is 11.6 Å². The fourth-order valence-electron chi connectivity index (χ4n) is 4.31. The monoisotopic (exact) mass is 487 g/mol. The third kappa shape index (κ3) is 4.07. The normalized spacial score (nSPS) is 12.3. The minimum atomic E-state index is -0.0814. The third-order valence-electron chi connectivity index (χ3n) is 6.37. The van der Waals surface area contributed by atoms with E-state index in [4.69, 9.17) is 16.3 Å². The largest absolute Gasteiger partial charge is 0.495 e. The van der Waals surface area contributed by atoms with Crippen molar-refractivity contribution in [3.8, 4) is 34.1 Å². The van der Waals surface area contributed by atoms with E-state index in [0.717, 1.165) is 45.2 Å². The number of aliphatic hydroxyl groups excluding tert-OH is 1. The molecule has 0 fully saturated rings. The number of halogens is 1. The molecule has 0 saturated heterocycles. The molecule has 1 atom stereocenters. The average Bonchev–Trinajstić information content (AvgIpc) is 3.46. The quantitative estimate of drug-likeness (QED) is 0.336. The Morgan fingerprint density at radius 2 is 1.83 bits per heavy atom. The zero-order valence-electron chi connectivity index (χ0n) is 20.0. The number of pyridine rings is 1. The molecule has 35 heavy (non-hydrogen) atoms. The topological polar surface area (TPSA) is 78.0 Å². The number of hydrogen-bond acceptors (Lipinski definition) is 5. The molecule has 2 aliphatic heterocycles. The molecular weight excluding hydrogens is 462 g/mol. The van der Waals surface area contributed by atoms with Crippen molar-refractivity contribution in [1.29, 1.82) is 0 Å².